The SMILES string of the molecule is CNCCCCN1CC=Cc2ccc(C)cc2C1. The topological polar surface area (TPSA) is 15.3 Å². The van der Waals surface area contributed by atoms with E-state index in [-0.39, 0.29) is 0 Å². The van der Waals surface area contributed by atoms with E-state index >= 15 is 0 Å². The molecule has 1 aliphatic heterocycles. The third-order valence-corrected chi connectivity index (χ3v) is 3.50. The predicted molar refractivity (Wildman–Crippen MR) is 78.7 cm³/mol. The molecule has 0 fully saturated rings. The molecule has 1 N–H and O–H groups in total. The van der Waals surface area contributed by atoms with E-state index in [1.807, 2.05) is 7.05 Å². The number of rotatable bonds is 5. The van der Waals surface area contributed by atoms with E-state index in [1.54, 1.807) is 0 Å². The van der Waals surface area contributed by atoms with Gasteiger partial charge in [0.05, 0.1) is 0 Å². The third kappa shape index (κ3) is 3.69. The van der Waals surface area contributed by atoms with Crippen molar-refractivity contribution in [1.29, 1.82) is 0 Å². The van der Waals surface area contributed by atoms with Gasteiger partial charge in [-0.15, -0.1) is 0 Å². The van der Waals surface area contributed by atoms with Crippen LogP contribution in [0.4, 0.5) is 0 Å². The van der Waals surface area contributed by atoms with E-state index < -0.39 is 0 Å². The first-order valence-electron chi connectivity index (χ1n) is 6.92. The average Bonchev–Trinajstić information content (AvgIpc) is 2.56. The largest absolute Gasteiger partial charge is 0.320 e. The van der Waals surface area contributed by atoms with Gasteiger partial charge < -0.3 is 5.32 Å². The Morgan fingerprint density at radius 2 is 2.17 bits per heavy atom. The Morgan fingerprint density at radius 1 is 1.28 bits per heavy atom. The highest BCUT2D eigenvalue weighted by Crippen LogP contribution is 2.19. The summed E-state index contributed by atoms with van der Waals surface area (Å²) in [5, 5.41) is 3.21. The van der Waals surface area contributed by atoms with Crippen molar-refractivity contribution in [1.82, 2.24) is 10.2 Å². The highest BCUT2D eigenvalue weighted by atomic mass is 15.1. The normalized spacial score (nSPS) is 15.4. The highest BCUT2D eigenvalue weighted by Gasteiger charge is 2.10. The molecule has 0 spiro atoms. The summed E-state index contributed by atoms with van der Waals surface area (Å²) in [4.78, 5) is 2.54. The Balaban J connectivity index is 1.95. The first kappa shape index (κ1) is 13.3. The number of hydrogen-bond acceptors (Lipinski definition) is 2. The second-order valence-corrected chi connectivity index (χ2v) is 5.15. The minimum absolute atomic E-state index is 1.08. The molecule has 0 radical (unpaired) electrons. The van der Waals surface area contributed by atoms with Gasteiger partial charge in [0, 0.05) is 13.1 Å². The van der Waals surface area contributed by atoms with E-state index in [1.165, 1.54) is 36.1 Å². The Bertz CT molecular complexity index is 410. The fourth-order valence-electron chi connectivity index (χ4n) is 2.48. The van der Waals surface area contributed by atoms with Crippen molar-refractivity contribution in [2.45, 2.75) is 26.3 Å². The molecule has 0 aromatic heterocycles. The summed E-state index contributed by atoms with van der Waals surface area (Å²) >= 11 is 0. The predicted octanol–water partition coefficient (Wildman–Crippen LogP) is 2.82. The smallest absolute Gasteiger partial charge is 0.0243 e. The first-order chi connectivity index (χ1) is 8.79. The highest BCUT2D eigenvalue weighted by molar-refractivity contribution is 5.55. The van der Waals surface area contributed by atoms with Gasteiger partial charge in [-0.05, 0) is 51.0 Å². The third-order valence-electron chi connectivity index (χ3n) is 3.50. The molecule has 2 heteroatoms. The average molecular weight is 244 g/mol. The Kier molecular flexibility index (Phi) is 4.97. The summed E-state index contributed by atoms with van der Waals surface area (Å²) in [6.07, 6.45) is 7.09. The van der Waals surface area contributed by atoms with Crippen molar-refractivity contribution in [2.24, 2.45) is 0 Å². The summed E-state index contributed by atoms with van der Waals surface area (Å²) in [6.45, 7) is 6.65. The molecule has 1 aliphatic rings. The second kappa shape index (κ2) is 6.72. The van der Waals surface area contributed by atoms with Gasteiger partial charge in [0.25, 0.3) is 0 Å². The number of hydrogen-bond donors (Lipinski definition) is 1. The van der Waals surface area contributed by atoms with Crippen LogP contribution in [-0.4, -0.2) is 31.6 Å². The quantitative estimate of drug-likeness (QED) is 0.801. The van der Waals surface area contributed by atoms with Crippen molar-refractivity contribution in [3.8, 4) is 0 Å². The molecule has 1 aromatic carbocycles. The Morgan fingerprint density at radius 3 is 3.00 bits per heavy atom. The summed E-state index contributed by atoms with van der Waals surface area (Å²) < 4.78 is 0. The molecule has 0 amide bonds. The van der Waals surface area contributed by atoms with Crippen LogP contribution in [0.15, 0.2) is 24.3 Å². The van der Waals surface area contributed by atoms with Gasteiger partial charge in [-0.3, -0.25) is 4.90 Å². The van der Waals surface area contributed by atoms with Gasteiger partial charge in [0.2, 0.25) is 0 Å². The molecule has 0 atom stereocenters. The molecular formula is C16H24N2. The molecular weight excluding hydrogens is 220 g/mol. The number of benzene rings is 1. The lowest BCUT2D eigenvalue weighted by atomic mass is 10.0. The Hall–Kier alpha value is -1.12. The second-order valence-electron chi connectivity index (χ2n) is 5.15. The minimum atomic E-state index is 1.08. The van der Waals surface area contributed by atoms with Crippen LogP contribution in [0.2, 0.25) is 0 Å². The van der Waals surface area contributed by atoms with Gasteiger partial charge >= 0.3 is 0 Å². The van der Waals surface area contributed by atoms with Gasteiger partial charge in [0.15, 0.2) is 0 Å². The van der Waals surface area contributed by atoms with Crippen LogP contribution in [0.3, 0.4) is 0 Å². The lowest BCUT2D eigenvalue weighted by molar-refractivity contribution is 0.289. The number of fused-ring (bicyclic) bond motifs is 1. The van der Waals surface area contributed by atoms with Crippen LogP contribution in [0.1, 0.15) is 29.5 Å². The lowest BCUT2D eigenvalue weighted by Crippen LogP contribution is -2.24. The van der Waals surface area contributed by atoms with Crippen LogP contribution >= 0.6 is 0 Å². The van der Waals surface area contributed by atoms with E-state index in [0.29, 0.717) is 0 Å². The van der Waals surface area contributed by atoms with E-state index in [0.717, 1.165) is 19.6 Å². The zero-order chi connectivity index (χ0) is 12.8. The zero-order valence-electron chi connectivity index (χ0n) is 11.6. The van der Waals surface area contributed by atoms with Crippen LogP contribution in [-0.2, 0) is 6.54 Å². The van der Waals surface area contributed by atoms with Gasteiger partial charge in [-0.2, -0.15) is 0 Å². The first-order valence-corrected chi connectivity index (χ1v) is 6.92. The number of nitrogens with one attached hydrogen (secondary N) is 1. The number of unbranched alkanes of at least 4 members (excludes halogenated alkanes) is 1. The van der Waals surface area contributed by atoms with Crippen molar-refractivity contribution >= 4 is 6.08 Å². The molecule has 0 unspecified atom stereocenters. The minimum Gasteiger partial charge on any atom is -0.320 e. The summed E-state index contributed by atoms with van der Waals surface area (Å²) in [7, 11) is 2.02. The molecule has 98 valence electrons. The van der Waals surface area contributed by atoms with Crippen molar-refractivity contribution < 1.29 is 0 Å². The van der Waals surface area contributed by atoms with E-state index in [9.17, 15) is 0 Å². The summed E-state index contributed by atoms with van der Waals surface area (Å²) in [6, 6.07) is 6.77. The van der Waals surface area contributed by atoms with E-state index in [4.69, 9.17) is 0 Å². The molecule has 1 heterocycles. The molecule has 0 saturated carbocycles. The Labute approximate surface area is 111 Å². The fraction of sp³-hybridized carbons (Fsp3) is 0.500. The molecule has 2 nitrogen and oxygen atoms in total. The maximum atomic E-state index is 3.21. The van der Waals surface area contributed by atoms with Gasteiger partial charge in [-0.25, -0.2) is 0 Å². The summed E-state index contributed by atoms with van der Waals surface area (Å²) in [5.41, 5.74) is 4.22. The lowest BCUT2D eigenvalue weighted by Gasteiger charge is -2.20. The molecule has 1 aromatic rings. The van der Waals surface area contributed by atoms with Crippen molar-refractivity contribution in [3.63, 3.8) is 0 Å². The fourth-order valence-corrected chi connectivity index (χ4v) is 2.48. The maximum absolute atomic E-state index is 3.21. The monoisotopic (exact) mass is 244 g/mol. The molecule has 18 heavy (non-hydrogen) atoms. The van der Waals surface area contributed by atoms with Gasteiger partial charge in [-0.1, -0.05) is 35.9 Å². The van der Waals surface area contributed by atoms with Crippen LogP contribution in [0, 0.1) is 6.92 Å². The van der Waals surface area contributed by atoms with Crippen molar-refractivity contribution in [2.75, 3.05) is 26.7 Å². The molecule has 0 bridgehead atoms. The zero-order valence-corrected chi connectivity index (χ0v) is 11.6. The van der Waals surface area contributed by atoms with E-state index in [2.05, 4.69) is 47.5 Å². The van der Waals surface area contributed by atoms with Crippen molar-refractivity contribution in [3.05, 3.63) is 41.0 Å². The number of nitrogens with zero attached hydrogens (tertiary/aromatic N) is 1. The van der Waals surface area contributed by atoms with Crippen LogP contribution in [0.25, 0.3) is 6.08 Å². The molecule has 0 aliphatic carbocycles. The molecule has 2 rings (SSSR count). The van der Waals surface area contributed by atoms with Crippen LogP contribution in [0.5, 0.6) is 0 Å². The number of aryl methyl sites for hydroxylation is 1. The molecule has 0 saturated heterocycles. The standard InChI is InChI=1S/C16H24N2/c1-14-7-8-15-6-5-11-18(13-16(15)12-14)10-4-3-9-17-2/h5-8,12,17H,3-4,9-11,13H2,1-2H3. The van der Waals surface area contributed by atoms with Gasteiger partial charge in [0.1, 0.15) is 0 Å². The van der Waals surface area contributed by atoms with Crippen LogP contribution < -0.4 is 5.32 Å². The summed E-state index contributed by atoms with van der Waals surface area (Å²) in [5.74, 6) is 0. The maximum Gasteiger partial charge on any atom is 0.0243 e.